The third-order valence-corrected chi connectivity index (χ3v) is 4.79. The molecule has 23 heavy (non-hydrogen) atoms. The van der Waals surface area contributed by atoms with Gasteiger partial charge >= 0.3 is 0 Å². The number of likely N-dealkylation sites (tertiary alicyclic amines) is 1. The molecule has 2 atom stereocenters. The molecule has 0 spiro atoms. The fourth-order valence-electron chi connectivity index (χ4n) is 2.97. The van der Waals surface area contributed by atoms with Gasteiger partial charge in [-0.2, -0.15) is 0 Å². The lowest BCUT2D eigenvalue weighted by molar-refractivity contribution is -0.134. The van der Waals surface area contributed by atoms with Gasteiger partial charge in [-0.1, -0.05) is 13.0 Å². The molecule has 3 rings (SSSR count). The van der Waals surface area contributed by atoms with Crippen LogP contribution < -0.4 is 4.74 Å². The van der Waals surface area contributed by atoms with E-state index >= 15 is 0 Å². The molecule has 0 bridgehead atoms. The summed E-state index contributed by atoms with van der Waals surface area (Å²) in [5.41, 5.74) is 1.10. The number of pyridine rings is 1. The highest BCUT2D eigenvalue weighted by Crippen LogP contribution is 2.34. The highest BCUT2D eigenvalue weighted by Gasteiger charge is 2.34. The van der Waals surface area contributed by atoms with Gasteiger partial charge in [0, 0.05) is 22.5 Å². The number of benzene rings is 1. The number of halogens is 1. The minimum absolute atomic E-state index is 0.0294. The van der Waals surface area contributed by atoms with Crippen LogP contribution in [0.4, 0.5) is 0 Å². The third kappa shape index (κ3) is 4.02. The van der Waals surface area contributed by atoms with E-state index in [2.05, 4.69) is 34.5 Å². The smallest absolute Gasteiger partial charge is 0.261 e. The van der Waals surface area contributed by atoms with Crippen LogP contribution in [-0.2, 0) is 4.79 Å². The first kappa shape index (κ1) is 16.2. The molecule has 2 heterocycles. The van der Waals surface area contributed by atoms with Gasteiger partial charge in [0.2, 0.25) is 0 Å². The summed E-state index contributed by atoms with van der Waals surface area (Å²) in [6.45, 7) is 3.02. The normalized spacial score (nSPS) is 20.5. The predicted molar refractivity (Wildman–Crippen MR) is 97.1 cm³/mol. The van der Waals surface area contributed by atoms with Crippen LogP contribution in [-0.4, -0.2) is 28.9 Å². The zero-order valence-corrected chi connectivity index (χ0v) is 15.1. The van der Waals surface area contributed by atoms with Crippen molar-refractivity contribution in [2.75, 3.05) is 13.2 Å². The van der Waals surface area contributed by atoms with Crippen molar-refractivity contribution in [3.63, 3.8) is 0 Å². The number of hydrogen-bond donors (Lipinski definition) is 0. The maximum atomic E-state index is 12.6. The Labute approximate surface area is 150 Å². The van der Waals surface area contributed by atoms with Crippen LogP contribution in [0.25, 0.3) is 0 Å². The van der Waals surface area contributed by atoms with Crippen LogP contribution in [0.15, 0.2) is 48.8 Å². The fraction of sp³-hybridized carbons (Fsp3) is 0.333. The van der Waals surface area contributed by atoms with E-state index in [1.54, 1.807) is 6.20 Å². The van der Waals surface area contributed by atoms with E-state index in [-0.39, 0.29) is 18.6 Å². The van der Waals surface area contributed by atoms with E-state index in [1.165, 1.54) is 0 Å². The number of aromatic nitrogens is 1. The third-order valence-electron chi connectivity index (χ3n) is 4.08. The summed E-state index contributed by atoms with van der Waals surface area (Å²) in [6.07, 6.45) is 4.58. The average Bonchev–Trinajstić information content (AvgIpc) is 2.97. The van der Waals surface area contributed by atoms with Crippen molar-refractivity contribution in [1.82, 2.24) is 9.88 Å². The molecule has 1 aliphatic heterocycles. The summed E-state index contributed by atoms with van der Waals surface area (Å²) in [5.74, 6) is 1.24. The number of carbonyl (C=O) groups is 1. The summed E-state index contributed by atoms with van der Waals surface area (Å²) >= 11 is 2.24. The van der Waals surface area contributed by atoms with Gasteiger partial charge in [0.25, 0.3) is 5.91 Å². The van der Waals surface area contributed by atoms with Gasteiger partial charge in [0.1, 0.15) is 5.75 Å². The molecule has 0 saturated carbocycles. The highest BCUT2D eigenvalue weighted by atomic mass is 127. The molecule has 1 aromatic carbocycles. The van der Waals surface area contributed by atoms with Crippen LogP contribution in [0.1, 0.15) is 24.9 Å². The van der Waals surface area contributed by atoms with Gasteiger partial charge in [-0.05, 0) is 70.8 Å². The zero-order chi connectivity index (χ0) is 16.2. The van der Waals surface area contributed by atoms with Crippen molar-refractivity contribution < 1.29 is 9.53 Å². The molecule has 1 fully saturated rings. The van der Waals surface area contributed by atoms with Gasteiger partial charge in [-0.15, -0.1) is 0 Å². The number of carbonyl (C=O) groups excluding carboxylic acids is 1. The van der Waals surface area contributed by atoms with Crippen molar-refractivity contribution >= 4 is 28.5 Å². The Balaban J connectivity index is 1.66. The quantitative estimate of drug-likeness (QED) is 0.707. The van der Waals surface area contributed by atoms with E-state index in [4.69, 9.17) is 4.74 Å². The zero-order valence-electron chi connectivity index (χ0n) is 13.0. The van der Waals surface area contributed by atoms with Crippen molar-refractivity contribution in [2.45, 2.75) is 19.4 Å². The van der Waals surface area contributed by atoms with Crippen LogP contribution in [0.5, 0.6) is 5.75 Å². The van der Waals surface area contributed by atoms with Gasteiger partial charge in [-0.25, -0.2) is 0 Å². The van der Waals surface area contributed by atoms with E-state index < -0.39 is 0 Å². The first-order valence-electron chi connectivity index (χ1n) is 7.71. The maximum Gasteiger partial charge on any atom is 0.261 e. The lowest BCUT2D eigenvalue weighted by atomic mass is 10.0. The highest BCUT2D eigenvalue weighted by molar-refractivity contribution is 14.1. The Morgan fingerprint density at radius 2 is 2.13 bits per heavy atom. The minimum Gasteiger partial charge on any atom is -0.484 e. The van der Waals surface area contributed by atoms with Gasteiger partial charge in [0.15, 0.2) is 6.61 Å². The summed E-state index contributed by atoms with van der Waals surface area (Å²) in [5, 5.41) is 0. The molecule has 5 heteroatoms. The molecule has 4 nitrogen and oxygen atoms in total. The second-order valence-electron chi connectivity index (χ2n) is 5.93. The molecule has 1 amide bonds. The summed E-state index contributed by atoms with van der Waals surface area (Å²) in [6, 6.07) is 11.8. The van der Waals surface area contributed by atoms with Crippen LogP contribution in [0.3, 0.4) is 0 Å². The van der Waals surface area contributed by atoms with Crippen LogP contribution in [0, 0.1) is 9.49 Å². The summed E-state index contributed by atoms with van der Waals surface area (Å²) in [4.78, 5) is 18.7. The molecule has 0 aliphatic carbocycles. The van der Waals surface area contributed by atoms with Crippen LogP contribution >= 0.6 is 22.6 Å². The van der Waals surface area contributed by atoms with Gasteiger partial charge in [-0.3, -0.25) is 9.78 Å². The molecular formula is C18H19IN2O2. The molecule has 1 aromatic heterocycles. The van der Waals surface area contributed by atoms with Gasteiger partial charge < -0.3 is 9.64 Å². The lowest BCUT2D eigenvalue weighted by Crippen LogP contribution is -2.35. The number of amides is 1. The van der Waals surface area contributed by atoms with Gasteiger partial charge in [0.05, 0.1) is 6.04 Å². The number of rotatable bonds is 4. The first-order valence-corrected chi connectivity index (χ1v) is 8.79. The van der Waals surface area contributed by atoms with Crippen LogP contribution in [0.2, 0.25) is 0 Å². The minimum atomic E-state index is 0.0294. The van der Waals surface area contributed by atoms with Crippen molar-refractivity contribution in [3.8, 4) is 5.75 Å². The molecule has 2 aromatic rings. The lowest BCUT2D eigenvalue weighted by Gasteiger charge is -2.24. The Bertz CT molecular complexity index is 660. The Kier molecular flexibility index (Phi) is 5.15. The predicted octanol–water partition coefficient (Wildman–Crippen LogP) is 3.67. The Morgan fingerprint density at radius 1 is 1.35 bits per heavy atom. The molecule has 120 valence electrons. The van der Waals surface area contributed by atoms with Crippen molar-refractivity contribution in [2.24, 2.45) is 5.92 Å². The SMILES string of the molecule is C[C@@H]1C[C@H](c2cccnc2)N(C(=O)COc2ccc(I)cc2)C1. The van der Waals surface area contributed by atoms with Crippen molar-refractivity contribution in [3.05, 3.63) is 57.9 Å². The summed E-state index contributed by atoms with van der Waals surface area (Å²) in [7, 11) is 0. The Hall–Kier alpha value is -1.63. The summed E-state index contributed by atoms with van der Waals surface area (Å²) < 4.78 is 6.79. The number of hydrogen-bond acceptors (Lipinski definition) is 3. The number of ether oxygens (including phenoxy) is 1. The average molecular weight is 422 g/mol. The van der Waals surface area contributed by atoms with E-state index in [1.807, 2.05) is 47.5 Å². The second kappa shape index (κ2) is 7.29. The molecule has 1 aliphatic rings. The first-order chi connectivity index (χ1) is 11.1. The van der Waals surface area contributed by atoms with E-state index in [0.29, 0.717) is 5.92 Å². The standard InChI is InChI=1S/C18H19IN2O2/c1-13-9-17(14-3-2-8-20-10-14)21(11-13)18(22)12-23-16-6-4-15(19)5-7-16/h2-8,10,13,17H,9,11-12H2,1H3/t13-,17-/m1/s1. The Morgan fingerprint density at radius 3 is 2.83 bits per heavy atom. The van der Waals surface area contributed by atoms with Crippen molar-refractivity contribution in [1.29, 1.82) is 0 Å². The maximum absolute atomic E-state index is 12.6. The second-order valence-corrected chi connectivity index (χ2v) is 7.18. The fourth-order valence-corrected chi connectivity index (χ4v) is 3.33. The topological polar surface area (TPSA) is 42.4 Å². The monoisotopic (exact) mass is 422 g/mol. The van der Waals surface area contributed by atoms with E-state index in [9.17, 15) is 4.79 Å². The molecule has 0 N–H and O–H groups in total. The largest absolute Gasteiger partial charge is 0.484 e. The molecule has 0 radical (unpaired) electrons. The molecule has 1 saturated heterocycles. The van der Waals surface area contributed by atoms with E-state index in [0.717, 1.165) is 27.8 Å². The molecule has 0 unspecified atom stereocenters. The molecular weight excluding hydrogens is 403 g/mol. The number of nitrogens with zero attached hydrogens (tertiary/aromatic N) is 2.